The van der Waals surface area contributed by atoms with Crippen molar-refractivity contribution in [2.75, 3.05) is 13.7 Å². The number of carbonyl (C=O) groups is 1. The van der Waals surface area contributed by atoms with Crippen LogP contribution in [-0.2, 0) is 9.53 Å². The smallest absolute Gasteiger partial charge is 0.347 e. The van der Waals surface area contributed by atoms with Crippen molar-refractivity contribution in [3.63, 3.8) is 0 Å². The van der Waals surface area contributed by atoms with Crippen molar-refractivity contribution in [3.8, 4) is 11.5 Å². The van der Waals surface area contributed by atoms with Gasteiger partial charge in [-0.05, 0) is 19.4 Å². The molecule has 0 spiro atoms. The fourth-order valence-electron chi connectivity index (χ4n) is 1.55. The number of hydrogen-bond donors (Lipinski definition) is 0. The number of hydrogen-bond acceptors (Lipinski definition) is 6. The van der Waals surface area contributed by atoms with Crippen LogP contribution < -0.4 is 9.47 Å². The first-order valence-electron chi connectivity index (χ1n) is 6.19. The minimum Gasteiger partial charge on any atom is -0.493 e. The van der Waals surface area contributed by atoms with Crippen molar-refractivity contribution < 1.29 is 23.9 Å². The van der Waals surface area contributed by atoms with Crippen LogP contribution in [0.25, 0.3) is 0 Å². The number of benzene rings is 1. The maximum Gasteiger partial charge on any atom is 0.347 e. The van der Waals surface area contributed by atoms with E-state index in [0.717, 1.165) is 0 Å². The highest BCUT2D eigenvalue weighted by atomic mass is 16.6. The molecule has 0 aliphatic carbocycles. The highest BCUT2D eigenvalue weighted by Gasteiger charge is 2.22. The molecule has 1 rings (SSSR count). The van der Waals surface area contributed by atoms with Gasteiger partial charge in [-0.1, -0.05) is 6.92 Å². The second kappa shape index (κ2) is 7.32. The van der Waals surface area contributed by atoms with Gasteiger partial charge in [-0.2, -0.15) is 0 Å². The van der Waals surface area contributed by atoms with Crippen molar-refractivity contribution in [1.82, 2.24) is 0 Å². The number of rotatable bonds is 7. The largest absolute Gasteiger partial charge is 0.493 e. The van der Waals surface area contributed by atoms with Gasteiger partial charge in [0.2, 0.25) is 0 Å². The lowest BCUT2D eigenvalue weighted by Gasteiger charge is -2.17. The quantitative estimate of drug-likeness (QED) is 0.433. The zero-order valence-corrected chi connectivity index (χ0v) is 11.6. The van der Waals surface area contributed by atoms with Gasteiger partial charge in [0.25, 0.3) is 5.69 Å². The lowest BCUT2D eigenvalue weighted by molar-refractivity contribution is -0.385. The SMILES string of the molecule is CCOC(=O)C(CC)Oc1ccc([N+](=O)[O-])cc1OC. The molecule has 7 heteroatoms. The van der Waals surface area contributed by atoms with Crippen LogP contribution in [0.4, 0.5) is 5.69 Å². The molecule has 0 aromatic heterocycles. The van der Waals surface area contributed by atoms with Gasteiger partial charge in [0.05, 0.1) is 24.7 Å². The molecular formula is C13H17NO6. The maximum atomic E-state index is 11.7. The molecule has 0 heterocycles. The Labute approximate surface area is 116 Å². The average molecular weight is 283 g/mol. The Hall–Kier alpha value is -2.31. The molecule has 0 bridgehead atoms. The number of methoxy groups -OCH3 is 1. The van der Waals surface area contributed by atoms with Crippen LogP contribution >= 0.6 is 0 Å². The van der Waals surface area contributed by atoms with Gasteiger partial charge >= 0.3 is 5.97 Å². The van der Waals surface area contributed by atoms with Crippen LogP contribution in [0.5, 0.6) is 11.5 Å². The van der Waals surface area contributed by atoms with E-state index in [-0.39, 0.29) is 23.8 Å². The summed E-state index contributed by atoms with van der Waals surface area (Å²) in [5, 5.41) is 10.7. The molecule has 0 aliphatic heterocycles. The molecular weight excluding hydrogens is 266 g/mol. The standard InChI is InChI=1S/C13H17NO6/c1-4-10(13(15)19-5-2)20-11-7-6-9(14(16)17)8-12(11)18-3/h6-8,10H,4-5H2,1-3H3. The van der Waals surface area contributed by atoms with Gasteiger partial charge < -0.3 is 14.2 Å². The monoisotopic (exact) mass is 283 g/mol. The van der Waals surface area contributed by atoms with E-state index in [9.17, 15) is 14.9 Å². The summed E-state index contributed by atoms with van der Waals surface area (Å²) < 4.78 is 15.4. The normalized spacial score (nSPS) is 11.6. The second-order valence-electron chi connectivity index (χ2n) is 3.86. The van der Waals surface area contributed by atoms with Gasteiger partial charge in [0.15, 0.2) is 17.6 Å². The van der Waals surface area contributed by atoms with Gasteiger partial charge in [0.1, 0.15) is 0 Å². The number of nitro benzene ring substituents is 1. The van der Waals surface area contributed by atoms with Gasteiger partial charge in [-0.3, -0.25) is 10.1 Å². The Kier molecular flexibility index (Phi) is 5.76. The lowest BCUT2D eigenvalue weighted by Crippen LogP contribution is -2.28. The van der Waals surface area contributed by atoms with E-state index in [0.29, 0.717) is 6.42 Å². The summed E-state index contributed by atoms with van der Waals surface area (Å²) in [6.07, 6.45) is -0.357. The van der Waals surface area contributed by atoms with Crippen LogP contribution in [0.15, 0.2) is 18.2 Å². The predicted octanol–water partition coefficient (Wildman–Crippen LogP) is 2.32. The Balaban J connectivity index is 2.95. The lowest BCUT2D eigenvalue weighted by atomic mass is 10.2. The molecule has 1 aromatic rings. The summed E-state index contributed by atoms with van der Waals surface area (Å²) >= 11 is 0. The first-order valence-corrected chi connectivity index (χ1v) is 6.19. The number of non-ortho nitro benzene ring substituents is 1. The first-order chi connectivity index (χ1) is 9.53. The van der Waals surface area contributed by atoms with Crippen LogP contribution in [0.3, 0.4) is 0 Å². The fourth-order valence-corrected chi connectivity index (χ4v) is 1.55. The number of nitro groups is 1. The maximum absolute atomic E-state index is 11.7. The molecule has 0 amide bonds. The minimum absolute atomic E-state index is 0.113. The third-order valence-corrected chi connectivity index (χ3v) is 2.55. The zero-order valence-electron chi connectivity index (χ0n) is 11.6. The molecule has 0 radical (unpaired) electrons. The summed E-state index contributed by atoms with van der Waals surface area (Å²) in [5.74, 6) is -0.0182. The van der Waals surface area contributed by atoms with Crippen LogP contribution in [0, 0.1) is 10.1 Å². The van der Waals surface area contributed by atoms with Crippen molar-refractivity contribution in [2.45, 2.75) is 26.4 Å². The number of esters is 1. The third-order valence-electron chi connectivity index (χ3n) is 2.55. The van der Waals surface area contributed by atoms with Crippen LogP contribution in [0.1, 0.15) is 20.3 Å². The fraction of sp³-hybridized carbons (Fsp3) is 0.462. The topological polar surface area (TPSA) is 87.9 Å². The Morgan fingerprint density at radius 2 is 2.05 bits per heavy atom. The van der Waals surface area contributed by atoms with Crippen molar-refractivity contribution in [3.05, 3.63) is 28.3 Å². The molecule has 1 atom stereocenters. The van der Waals surface area contributed by atoms with E-state index in [1.54, 1.807) is 13.8 Å². The van der Waals surface area contributed by atoms with E-state index in [2.05, 4.69) is 0 Å². The molecule has 0 N–H and O–H groups in total. The van der Waals surface area contributed by atoms with E-state index in [1.165, 1.54) is 25.3 Å². The van der Waals surface area contributed by atoms with Crippen molar-refractivity contribution in [2.24, 2.45) is 0 Å². The second-order valence-corrected chi connectivity index (χ2v) is 3.86. The number of carbonyl (C=O) groups excluding carboxylic acids is 1. The van der Waals surface area contributed by atoms with E-state index in [1.807, 2.05) is 0 Å². The molecule has 20 heavy (non-hydrogen) atoms. The van der Waals surface area contributed by atoms with E-state index in [4.69, 9.17) is 14.2 Å². The molecule has 0 fully saturated rings. The predicted molar refractivity (Wildman–Crippen MR) is 71.0 cm³/mol. The highest BCUT2D eigenvalue weighted by Crippen LogP contribution is 2.32. The molecule has 110 valence electrons. The number of nitrogens with zero attached hydrogens (tertiary/aromatic N) is 1. The summed E-state index contributed by atoms with van der Waals surface area (Å²) in [4.78, 5) is 21.8. The third kappa shape index (κ3) is 3.84. The van der Waals surface area contributed by atoms with Gasteiger partial charge in [-0.25, -0.2) is 4.79 Å². The van der Waals surface area contributed by atoms with Crippen molar-refractivity contribution >= 4 is 11.7 Å². The van der Waals surface area contributed by atoms with Gasteiger partial charge in [-0.15, -0.1) is 0 Å². The Morgan fingerprint density at radius 3 is 2.55 bits per heavy atom. The molecule has 0 saturated carbocycles. The van der Waals surface area contributed by atoms with Gasteiger partial charge in [0, 0.05) is 6.07 Å². The molecule has 0 aliphatic rings. The summed E-state index contributed by atoms with van der Waals surface area (Å²) in [6.45, 7) is 3.74. The highest BCUT2D eigenvalue weighted by molar-refractivity contribution is 5.75. The molecule has 7 nitrogen and oxygen atoms in total. The van der Waals surface area contributed by atoms with Crippen LogP contribution in [0.2, 0.25) is 0 Å². The van der Waals surface area contributed by atoms with Crippen molar-refractivity contribution in [1.29, 1.82) is 0 Å². The number of ether oxygens (including phenoxy) is 3. The summed E-state index contributed by atoms with van der Waals surface area (Å²) in [7, 11) is 1.37. The Morgan fingerprint density at radius 1 is 1.35 bits per heavy atom. The average Bonchev–Trinajstić information content (AvgIpc) is 2.44. The summed E-state index contributed by atoms with van der Waals surface area (Å²) in [5.41, 5.74) is -0.113. The molecule has 1 aromatic carbocycles. The molecule has 0 saturated heterocycles. The first kappa shape index (κ1) is 15.7. The minimum atomic E-state index is -0.773. The Bertz CT molecular complexity index is 488. The van der Waals surface area contributed by atoms with E-state index >= 15 is 0 Å². The molecule has 1 unspecified atom stereocenters. The van der Waals surface area contributed by atoms with Crippen LogP contribution in [-0.4, -0.2) is 30.7 Å². The zero-order chi connectivity index (χ0) is 15.1. The van der Waals surface area contributed by atoms with E-state index < -0.39 is 17.0 Å². The summed E-state index contributed by atoms with van der Waals surface area (Å²) in [6, 6.07) is 3.93.